The lowest BCUT2D eigenvalue weighted by Crippen LogP contribution is -2.35. The van der Waals surface area contributed by atoms with E-state index in [9.17, 15) is 19.8 Å². The zero-order chi connectivity index (χ0) is 18.4. The van der Waals surface area contributed by atoms with E-state index in [0.29, 0.717) is 12.8 Å². The first-order chi connectivity index (χ1) is 11.7. The van der Waals surface area contributed by atoms with Gasteiger partial charge in [0.05, 0.1) is 23.4 Å². The lowest BCUT2D eigenvalue weighted by atomic mass is 9.87. The van der Waals surface area contributed by atoms with Crippen molar-refractivity contribution in [2.24, 2.45) is 5.92 Å². The number of aliphatic hydroxyl groups excluding tert-OH is 2. The molecule has 4 bridgehead atoms. The van der Waals surface area contributed by atoms with Crippen LogP contribution in [-0.2, 0) is 19.1 Å². The van der Waals surface area contributed by atoms with E-state index in [1.807, 2.05) is 13.8 Å². The number of carbonyl (C=O) groups excluding carboxylic acids is 2. The van der Waals surface area contributed by atoms with Gasteiger partial charge in [0.2, 0.25) is 0 Å². The molecule has 3 aliphatic rings. The van der Waals surface area contributed by atoms with E-state index in [2.05, 4.69) is 6.58 Å². The standard InChI is InChI=1S/C19H26O6/c1-10(2)11-4-5-13-17(22)16(24-18(13)23)9-19(3)8-14(21)15(25-19)7-12(20)6-11/h5,11,14-17,21-22H,1,4,6-9H2,2-3H3/t11-,14+,15+,16+,17-,19+/m1/s1. The Morgan fingerprint density at radius 2 is 1.96 bits per heavy atom. The number of ether oxygens (including phenoxy) is 2. The molecule has 2 N–H and O–H groups in total. The first-order valence-corrected chi connectivity index (χ1v) is 8.80. The molecular formula is C19H26O6. The van der Waals surface area contributed by atoms with Gasteiger partial charge in [0.1, 0.15) is 18.0 Å². The van der Waals surface area contributed by atoms with Gasteiger partial charge in [0.15, 0.2) is 0 Å². The van der Waals surface area contributed by atoms with Crippen molar-refractivity contribution in [3.63, 3.8) is 0 Å². The first-order valence-electron chi connectivity index (χ1n) is 8.80. The van der Waals surface area contributed by atoms with Gasteiger partial charge in [0, 0.05) is 25.7 Å². The van der Waals surface area contributed by atoms with Gasteiger partial charge in [-0.1, -0.05) is 18.2 Å². The largest absolute Gasteiger partial charge is 0.456 e. The Hall–Kier alpha value is -1.50. The Kier molecular flexibility index (Phi) is 4.88. The molecular weight excluding hydrogens is 324 g/mol. The molecule has 0 aliphatic carbocycles. The smallest absolute Gasteiger partial charge is 0.336 e. The average Bonchev–Trinajstić information content (AvgIpc) is 2.91. The third kappa shape index (κ3) is 3.71. The fraction of sp³-hybridized carbons (Fsp3) is 0.684. The number of carbonyl (C=O) groups is 2. The van der Waals surface area contributed by atoms with Gasteiger partial charge in [-0.05, 0) is 26.2 Å². The summed E-state index contributed by atoms with van der Waals surface area (Å²) in [6.45, 7) is 7.60. The maximum absolute atomic E-state index is 12.4. The van der Waals surface area contributed by atoms with E-state index in [1.54, 1.807) is 6.08 Å². The lowest BCUT2D eigenvalue weighted by molar-refractivity contribution is -0.144. The highest BCUT2D eigenvalue weighted by Gasteiger charge is 2.49. The summed E-state index contributed by atoms with van der Waals surface area (Å²) in [5.41, 5.74) is 0.338. The van der Waals surface area contributed by atoms with Crippen LogP contribution in [0.4, 0.5) is 0 Å². The molecule has 0 unspecified atom stereocenters. The predicted molar refractivity (Wildman–Crippen MR) is 89.7 cm³/mol. The van der Waals surface area contributed by atoms with Crippen LogP contribution >= 0.6 is 0 Å². The minimum atomic E-state index is -1.02. The number of aliphatic hydroxyl groups is 2. The monoisotopic (exact) mass is 350 g/mol. The molecule has 0 saturated carbocycles. The molecule has 0 aromatic heterocycles. The van der Waals surface area contributed by atoms with Crippen LogP contribution in [0.15, 0.2) is 23.8 Å². The summed E-state index contributed by atoms with van der Waals surface area (Å²) in [7, 11) is 0. The minimum absolute atomic E-state index is 0.00670. The Labute approximate surface area is 147 Å². The molecule has 3 heterocycles. The average molecular weight is 350 g/mol. The van der Waals surface area contributed by atoms with Crippen LogP contribution in [0.1, 0.15) is 46.0 Å². The normalized spacial score (nSPS) is 42.1. The molecule has 0 spiro atoms. The number of hydrogen-bond acceptors (Lipinski definition) is 6. The van der Waals surface area contributed by atoms with Crippen molar-refractivity contribution in [1.29, 1.82) is 0 Å². The summed E-state index contributed by atoms with van der Waals surface area (Å²) in [5, 5.41) is 20.8. The summed E-state index contributed by atoms with van der Waals surface area (Å²) >= 11 is 0. The second-order valence-corrected chi connectivity index (χ2v) is 7.86. The third-order valence-electron chi connectivity index (χ3n) is 5.53. The molecule has 0 amide bonds. The summed E-state index contributed by atoms with van der Waals surface area (Å²) < 4.78 is 11.3. The number of Topliss-reactive ketones (excluding diaryl/α,β-unsaturated/α-hetero) is 1. The number of hydrogen-bond donors (Lipinski definition) is 2. The molecule has 138 valence electrons. The fourth-order valence-corrected chi connectivity index (χ4v) is 4.06. The number of esters is 1. The molecule has 3 aliphatic heterocycles. The van der Waals surface area contributed by atoms with Crippen molar-refractivity contribution >= 4 is 11.8 Å². The van der Waals surface area contributed by atoms with Crippen molar-refractivity contribution in [3.8, 4) is 0 Å². The number of ketones is 1. The fourth-order valence-electron chi connectivity index (χ4n) is 4.06. The van der Waals surface area contributed by atoms with Gasteiger partial charge >= 0.3 is 5.97 Å². The van der Waals surface area contributed by atoms with Gasteiger partial charge in [-0.2, -0.15) is 0 Å². The second kappa shape index (κ2) is 6.67. The summed E-state index contributed by atoms with van der Waals surface area (Å²) in [6, 6.07) is 0. The Bertz CT molecular complexity index is 623. The van der Waals surface area contributed by atoms with Crippen LogP contribution in [-0.4, -0.2) is 52.0 Å². The molecule has 2 fully saturated rings. The summed E-state index contributed by atoms with van der Waals surface area (Å²) in [6.07, 6.45) is 0.142. The van der Waals surface area contributed by atoms with Crippen molar-refractivity contribution < 1.29 is 29.3 Å². The van der Waals surface area contributed by atoms with Gasteiger partial charge in [-0.25, -0.2) is 4.79 Å². The molecule has 0 aromatic carbocycles. The highest BCUT2D eigenvalue weighted by molar-refractivity contribution is 5.92. The van der Waals surface area contributed by atoms with Crippen molar-refractivity contribution in [3.05, 3.63) is 23.8 Å². The zero-order valence-electron chi connectivity index (χ0n) is 14.7. The molecule has 0 aromatic rings. The SMILES string of the molecule is C=C(C)[C@@H]1CC=C2C(=O)O[C@@H](C[C@]3(C)C[C@H](O)[C@H](CC(=O)C1)O3)[C@@H]2O. The Morgan fingerprint density at radius 1 is 1.24 bits per heavy atom. The van der Waals surface area contributed by atoms with Crippen molar-refractivity contribution in [1.82, 2.24) is 0 Å². The van der Waals surface area contributed by atoms with Crippen LogP contribution in [0.25, 0.3) is 0 Å². The molecule has 3 rings (SSSR count). The van der Waals surface area contributed by atoms with E-state index in [-0.39, 0.29) is 36.5 Å². The number of fused-ring (bicyclic) bond motifs is 4. The highest BCUT2D eigenvalue weighted by Crippen LogP contribution is 2.40. The lowest BCUT2D eigenvalue weighted by Gasteiger charge is -2.28. The van der Waals surface area contributed by atoms with Gasteiger partial charge in [-0.3, -0.25) is 4.79 Å². The molecule has 25 heavy (non-hydrogen) atoms. The Morgan fingerprint density at radius 3 is 2.64 bits per heavy atom. The summed E-state index contributed by atoms with van der Waals surface area (Å²) in [4.78, 5) is 24.6. The van der Waals surface area contributed by atoms with Gasteiger partial charge in [-0.15, -0.1) is 0 Å². The molecule has 0 radical (unpaired) electrons. The maximum atomic E-state index is 12.4. The van der Waals surface area contributed by atoms with Crippen LogP contribution < -0.4 is 0 Å². The third-order valence-corrected chi connectivity index (χ3v) is 5.53. The molecule has 6 heteroatoms. The van der Waals surface area contributed by atoms with Crippen LogP contribution in [0.3, 0.4) is 0 Å². The maximum Gasteiger partial charge on any atom is 0.336 e. The van der Waals surface area contributed by atoms with E-state index in [1.165, 1.54) is 0 Å². The summed E-state index contributed by atoms with van der Waals surface area (Å²) in [5.74, 6) is -0.642. The highest BCUT2D eigenvalue weighted by atomic mass is 16.6. The van der Waals surface area contributed by atoms with E-state index in [0.717, 1.165) is 5.57 Å². The Balaban J connectivity index is 1.92. The quantitative estimate of drug-likeness (QED) is 0.549. The predicted octanol–water partition coefficient (Wildman–Crippen LogP) is 1.44. The van der Waals surface area contributed by atoms with E-state index < -0.39 is 36.0 Å². The minimum Gasteiger partial charge on any atom is -0.456 e. The van der Waals surface area contributed by atoms with E-state index in [4.69, 9.17) is 9.47 Å². The zero-order valence-corrected chi connectivity index (χ0v) is 14.7. The van der Waals surface area contributed by atoms with Crippen molar-refractivity contribution in [2.75, 3.05) is 0 Å². The van der Waals surface area contributed by atoms with Gasteiger partial charge < -0.3 is 19.7 Å². The van der Waals surface area contributed by atoms with Crippen molar-refractivity contribution in [2.45, 2.75) is 76.0 Å². The van der Waals surface area contributed by atoms with Gasteiger partial charge in [0.25, 0.3) is 0 Å². The van der Waals surface area contributed by atoms with Crippen LogP contribution in [0.5, 0.6) is 0 Å². The molecule has 6 nitrogen and oxygen atoms in total. The first kappa shape index (κ1) is 18.3. The van der Waals surface area contributed by atoms with Crippen LogP contribution in [0, 0.1) is 5.92 Å². The molecule has 6 atom stereocenters. The topological polar surface area (TPSA) is 93.1 Å². The second-order valence-electron chi connectivity index (χ2n) is 7.86. The molecule has 2 saturated heterocycles. The van der Waals surface area contributed by atoms with E-state index >= 15 is 0 Å². The number of rotatable bonds is 1. The number of allylic oxidation sites excluding steroid dienone is 2. The van der Waals surface area contributed by atoms with Crippen LogP contribution in [0.2, 0.25) is 0 Å².